The average Bonchev–Trinajstić information content (AvgIpc) is 2.67. The Hall–Kier alpha value is -0.370. The maximum absolute atomic E-state index is 12.2. The van der Waals surface area contributed by atoms with Gasteiger partial charge < -0.3 is 5.73 Å². The van der Waals surface area contributed by atoms with Crippen molar-refractivity contribution in [2.45, 2.75) is 63.3 Å². The van der Waals surface area contributed by atoms with Gasteiger partial charge in [0, 0.05) is 5.92 Å². The van der Waals surface area contributed by atoms with Crippen molar-refractivity contribution in [2.75, 3.05) is 0 Å². The first-order valence-corrected chi connectivity index (χ1v) is 6.06. The molecule has 2 fully saturated rings. The molecule has 0 aromatic rings. The normalized spacial score (nSPS) is 27.8. The number of nitrogens with two attached hydrogens (primary N) is 1. The zero-order chi connectivity index (χ0) is 10.0. The second-order valence-electron chi connectivity index (χ2n) is 5.06. The molecule has 0 atom stereocenters. The van der Waals surface area contributed by atoms with Gasteiger partial charge in [-0.25, -0.2) is 0 Å². The number of hydrogen-bond donors (Lipinski definition) is 1. The molecule has 2 saturated carbocycles. The molecule has 0 radical (unpaired) electrons. The van der Waals surface area contributed by atoms with Crippen molar-refractivity contribution in [1.29, 1.82) is 0 Å². The van der Waals surface area contributed by atoms with Crippen molar-refractivity contribution in [1.82, 2.24) is 0 Å². The lowest BCUT2D eigenvalue weighted by atomic mass is 9.78. The molecular weight excluding hydrogens is 174 g/mol. The summed E-state index contributed by atoms with van der Waals surface area (Å²) in [7, 11) is 0. The largest absolute Gasteiger partial charge is 0.319 e. The van der Waals surface area contributed by atoms with Gasteiger partial charge in [-0.2, -0.15) is 0 Å². The topological polar surface area (TPSA) is 43.1 Å². The molecule has 0 heterocycles. The van der Waals surface area contributed by atoms with E-state index in [2.05, 4.69) is 0 Å². The second-order valence-corrected chi connectivity index (χ2v) is 5.06. The van der Waals surface area contributed by atoms with Crippen LogP contribution >= 0.6 is 0 Å². The van der Waals surface area contributed by atoms with Gasteiger partial charge in [0.15, 0.2) is 5.78 Å². The van der Waals surface area contributed by atoms with E-state index in [1.54, 1.807) is 0 Å². The van der Waals surface area contributed by atoms with E-state index in [0.717, 1.165) is 38.5 Å². The molecule has 0 amide bonds. The molecule has 0 spiro atoms. The average molecular weight is 195 g/mol. The Morgan fingerprint density at radius 1 is 1.00 bits per heavy atom. The Labute approximate surface area is 86.2 Å². The van der Waals surface area contributed by atoms with Gasteiger partial charge in [-0.1, -0.05) is 32.1 Å². The van der Waals surface area contributed by atoms with Gasteiger partial charge >= 0.3 is 0 Å². The van der Waals surface area contributed by atoms with Gasteiger partial charge in [0.1, 0.15) is 0 Å². The zero-order valence-corrected chi connectivity index (χ0v) is 8.93. The molecule has 0 bridgehead atoms. The third kappa shape index (κ3) is 1.85. The second kappa shape index (κ2) is 4.01. The summed E-state index contributed by atoms with van der Waals surface area (Å²) in [6, 6.07) is 0. The third-order valence-electron chi connectivity index (χ3n) is 3.96. The van der Waals surface area contributed by atoms with E-state index in [1.165, 1.54) is 19.3 Å². The fourth-order valence-corrected chi connectivity index (χ4v) is 3.02. The third-order valence-corrected chi connectivity index (χ3v) is 3.96. The highest BCUT2D eigenvalue weighted by atomic mass is 16.1. The fraction of sp³-hybridized carbons (Fsp3) is 0.917. The Morgan fingerprint density at radius 2 is 1.57 bits per heavy atom. The van der Waals surface area contributed by atoms with E-state index < -0.39 is 5.54 Å². The monoisotopic (exact) mass is 195 g/mol. The Kier molecular flexibility index (Phi) is 2.91. The zero-order valence-electron chi connectivity index (χ0n) is 8.93. The smallest absolute Gasteiger partial charge is 0.155 e. The van der Waals surface area contributed by atoms with Crippen molar-refractivity contribution < 1.29 is 4.79 Å². The molecule has 0 aromatic heterocycles. The SMILES string of the molecule is NC1(C(=O)C2CCCCC2)CCCC1. The first-order valence-electron chi connectivity index (χ1n) is 6.06. The molecule has 0 unspecified atom stereocenters. The number of rotatable bonds is 2. The van der Waals surface area contributed by atoms with E-state index in [-0.39, 0.29) is 0 Å². The molecule has 2 heteroatoms. The standard InChI is InChI=1S/C12H21NO/c13-12(8-4-5-9-12)11(14)10-6-2-1-3-7-10/h10H,1-9,13H2. The van der Waals surface area contributed by atoms with Crippen molar-refractivity contribution >= 4 is 5.78 Å². The Balaban J connectivity index is 1.98. The lowest BCUT2D eigenvalue weighted by Gasteiger charge is -2.29. The van der Waals surface area contributed by atoms with Crippen molar-refractivity contribution in [3.8, 4) is 0 Å². The molecule has 2 aliphatic carbocycles. The molecule has 14 heavy (non-hydrogen) atoms. The molecule has 80 valence electrons. The van der Waals surface area contributed by atoms with Gasteiger partial charge in [-0.3, -0.25) is 4.79 Å². The van der Waals surface area contributed by atoms with Crippen LogP contribution in [0.5, 0.6) is 0 Å². The van der Waals surface area contributed by atoms with Crippen LogP contribution < -0.4 is 5.73 Å². The van der Waals surface area contributed by atoms with Crippen LogP contribution in [0.3, 0.4) is 0 Å². The van der Waals surface area contributed by atoms with Crippen LogP contribution in [0.15, 0.2) is 0 Å². The van der Waals surface area contributed by atoms with Crippen LogP contribution in [0.4, 0.5) is 0 Å². The van der Waals surface area contributed by atoms with Crippen molar-refractivity contribution in [2.24, 2.45) is 11.7 Å². The number of Topliss-reactive ketones (excluding diaryl/α,β-unsaturated/α-hetero) is 1. The summed E-state index contributed by atoms with van der Waals surface area (Å²) in [6.45, 7) is 0. The number of ketones is 1. The lowest BCUT2D eigenvalue weighted by Crippen LogP contribution is -2.48. The van der Waals surface area contributed by atoms with Gasteiger partial charge in [-0.05, 0) is 25.7 Å². The molecule has 2 aliphatic rings. The summed E-state index contributed by atoms with van der Waals surface area (Å²) in [5.41, 5.74) is 5.76. The van der Waals surface area contributed by atoms with Crippen LogP contribution in [-0.4, -0.2) is 11.3 Å². The van der Waals surface area contributed by atoms with Crippen LogP contribution in [0.1, 0.15) is 57.8 Å². The van der Waals surface area contributed by atoms with Crippen LogP contribution in [0, 0.1) is 5.92 Å². The number of carbonyl (C=O) groups excluding carboxylic acids is 1. The Morgan fingerprint density at radius 3 is 2.14 bits per heavy atom. The van der Waals surface area contributed by atoms with Gasteiger partial charge in [0.25, 0.3) is 0 Å². The number of hydrogen-bond acceptors (Lipinski definition) is 2. The fourth-order valence-electron chi connectivity index (χ4n) is 3.02. The van der Waals surface area contributed by atoms with E-state index in [0.29, 0.717) is 11.7 Å². The molecular formula is C12H21NO. The molecule has 2 nitrogen and oxygen atoms in total. The van der Waals surface area contributed by atoms with E-state index >= 15 is 0 Å². The summed E-state index contributed by atoms with van der Waals surface area (Å²) in [6.07, 6.45) is 10.1. The van der Waals surface area contributed by atoms with Crippen LogP contribution in [0.25, 0.3) is 0 Å². The van der Waals surface area contributed by atoms with Gasteiger partial charge in [0.05, 0.1) is 5.54 Å². The molecule has 0 aromatic carbocycles. The summed E-state index contributed by atoms with van der Waals surface area (Å²) in [5.74, 6) is 0.682. The summed E-state index contributed by atoms with van der Waals surface area (Å²) < 4.78 is 0. The van der Waals surface area contributed by atoms with E-state index in [4.69, 9.17) is 5.73 Å². The highest BCUT2D eigenvalue weighted by Crippen LogP contribution is 2.34. The lowest BCUT2D eigenvalue weighted by molar-refractivity contribution is -0.129. The van der Waals surface area contributed by atoms with Gasteiger partial charge in [0.2, 0.25) is 0 Å². The van der Waals surface area contributed by atoms with E-state index in [9.17, 15) is 4.79 Å². The van der Waals surface area contributed by atoms with Crippen LogP contribution in [0.2, 0.25) is 0 Å². The minimum absolute atomic E-state index is 0.298. The minimum atomic E-state index is -0.429. The van der Waals surface area contributed by atoms with E-state index in [1.807, 2.05) is 0 Å². The number of carbonyl (C=O) groups is 1. The minimum Gasteiger partial charge on any atom is -0.319 e. The molecule has 0 saturated heterocycles. The highest BCUT2D eigenvalue weighted by molar-refractivity contribution is 5.90. The maximum Gasteiger partial charge on any atom is 0.155 e. The molecule has 0 aliphatic heterocycles. The first kappa shape index (κ1) is 10.2. The summed E-state index contributed by atoms with van der Waals surface area (Å²) in [5, 5.41) is 0. The molecule has 2 rings (SSSR count). The first-order chi connectivity index (χ1) is 6.72. The molecule has 2 N–H and O–H groups in total. The maximum atomic E-state index is 12.2. The van der Waals surface area contributed by atoms with Crippen molar-refractivity contribution in [3.63, 3.8) is 0 Å². The van der Waals surface area contributed by atoms with Gasteiger partial charge in [-0.15, -0.1) is 0 Å². The highest BCUT2D eigenvalue weighted by Gasteiger charge is 2.40. The van der Waals surface area contributed by atoms with Crippen LogP contribution in [-0.2, 0) is 4.79 Å². The predicted molar refractivity (Wildman–Crippen MR) is 57.0 cm³/mol. The summed E-state index contributed by atoms with van der Waals surface area (Å²) >= 11 is 0. The quantitative estimate of drug-likeness (QED) is 0.735. The van der Waals surface area contributed by atoms with Crippen molar-refractivity contribution in [3.05, 3.63) is 0 Å². The Bertz CT molecular complexity index is 212. The predicted octanol–water partition coefficient (Wildman–Crippen LogP) is 2.41. The summed E-state index contributed by atoms with van der Waals surface area (Å²) in [4.78, 5) is 12.2.